The molecule has 0 aromatic heterocycles. The van der Waals surface area contributed by atoms with Gasteiger partial charge in [0.2, 0.25) is 10.3 Å². The van der Waals surface area contributed by atoms with Gasteiger partial charge in [0.15, 0.2) is 15.4 Å². The smallest absolute Gasteiger partial charge is 0.458 e. The van der Waals surface area contributed by atoms with Crippen molar-refractivity contribution >= 4 is 32.3 Å². The number of hydrogen-bond acceptors (Lipinski definition) is 9. The quantitative estimate of drug-likeness (QED) is 0.356. The van der Waals surface area contributed by atoms with Crippen LogP contribution < -0.4 is 0 Å². The summed E-state index contributed by atoms with van der Waals surface area (Å²) in [6.07, 6.45) is 2.40. The van der Waals surface area contributed by atoms with E-state index in [9.17, 15) is 39.6 Å². The zero-order valence-corrected chi connectivity index (χ0v) is 20.8. The standard InChI is InChI=1S/C21H25F3NO9S2/c1-19(12-3-9-2-10(5-12)6-13(19)4-9)33-18(27)20-8-11-7-14(20)16(32-17(20)26)15(11)34-36(30,31)25-35(28,29)21(22,23)24/h9-16H,2-8H2,1H3/q-1. The van der Waals surface area contributed by atoms with Crippen molar-refractivity contribution in [1.82, 2.24) is 0 Å². The lowest BCUT2D eigenvalue weighted by atomic mass is 9.50. The molecule has 1 aliphatic heterocycles. The van der Waals surface area contributed by atoms with Crippen molar-refractivity contribution in [3.8, 4) is 0 Å². The third kappa shape index (κ3) is 3.34. The molecule has 6 bridgehead atoms. The fourth-order valence-corrected chi connectivity index (χ4v) is 10.3. The molecule has 6 saturated carbocycles. The maximum absolute atomic E-state index is 13.6. The molecule has 5 unspecified atom stereocenters. The topological polar surface area (TPSA) is 144 Å². The lowest BCUT2D eigenvalue weighted by molar-refractivity contribution is -0.214. The number of ether oxygens (including phenoxy) is 2. The highest BCUT2D eigenvalue weighted by atomic mass is 32.3. The summed E-state index contributed by atoms with van der Waals surface area (Å²) in [7, 11) is -11.9. The Hall–Kier alpha value is -1.45. The molecule has 0 amide bonds. The first kappa shape index (κ1) is 24.9. The van der Waals surface area contributed by atoms with Crippen LogP contribution in [0.2, 0.25) is 0 Å². The van der Waals surface area contributed by atoms with Crippen LogP contribution >= 0.6 is 0 Å². The normalized spacial score (nSPS) is 46.8. The number of sulfonamides is 1. The van der Waals surface area contributed by atoms with Gasteiger partial charge in [-0.05, 0) is 81.5 Å². The first-order valence-corrected chi connectivity index (χ1v) is 14.8. The molecular formula is C21H25F3NO9S2-. The van der Waals surface area contributed by atoms with Crippen molar-refractivity contribution in [2.24, 2.45) is 40.9 Å². The van der Waals surface area contributed by atoms with Crippen LogP contribution in [0.1, 0.15) is 51.9 Å². The molecule has 36 heavy (non-hydrogen) atoms. The minimum atomic E-state index is -6.36. The molecule has 10 nitrogen and oxygen atoms in total. The zero-order valence-electron chi connectivity index (χ0n) is 19.1. The number of nitrogens with zero attached hydrogens (tertiary/aromatic N) is 1. The summed E-state index contributed by atoms with van der Waals surface area (Å²) in [6, 6.07) is 0. The lowest BCUT2D eigenvalue weighted by Crippen LogP contribution is -2.59. The van der Waals surface area contributed by atoms with Gasteiger partial charge in [-0.1, -0.05) is 0 Å². The van der Waals surface area contributed by atoms with Crippen molar-refractivity contribution in [2.45, 2.75) is 75.2 Å². The Balaban J connectivity index is 1.19. The number of esters is 2. The number of alkyl halides is 3. The average molecular weight is 557 g/mol. The van der Waals surface area contributed by atoms with E-state index in [1.54, 1.807) is 0 Å². The summed E-state index contributed by atoms with van der Waals surface area (Å²) in [5, 5.41) is 0. The predicted octanol–water partition coefficient (Wildman–Crippen LogP) is 2.55. The molecule has 0 radical (unpaired) electrons. The fraction of sp³-hybridized carbons (Fsp3) is 0.905. The molecule has 15 heteroatoms. The minimum Gasteiger partial charge on any atom is -0.458 e. The summed E-state index contributed by atoms with van der Waals surface area (Å²) in [5.41, 5.74) is -8.26. The molecule has 0 spiro atoms. The summed E-state index contributed by atoms with van der Waals surface area (Å²) >= 11 is 0. The minimum absolute atomic E-state index is 0.144. The van der Waals surface area contributed by atoms with E-state index in [4.69, 9.17) is 13.7 Å². The third-order valence-electron chi connectivity index (χ3n) is 9.72. The predicted molar refractivity (Wildman–Crippen MR) is 112 cm³/mol. The summed E-state index contributed by atoms with van der Waals surface area (Å²) in [5.74, 6) is -1.44. The van der Waals surface area contributed by atoms with Gasteiger partial charge in [0.1, 0.15) is 17.8 Å². The fourth-order valence-electron chi connectivity index (χ4n) is 8.30. The molecule has 7 aliphatic rings. The van der Waals surface area contributed by atoms with Gasteiger partial charge in [-0.25, -0.2) is 16.8 Å². The van der Waals surface area contributed by atoms with Crippen molar-refractivity contribution in [2.75, 3.05) is 0 Å². The van der Waals surface area contributed by atoms with E-state index in [0.717, 1.165) is 25.7 Å². The first-order chi connectivity index (χ1) is 16.6. The Labute approximate surface area is 205 Å². The van der Waals surface area contributed by atoms with Gasteiger partial charge in [-0.15, -0.1) is 0 Å². The average Bonchev–Trinajstić information content (AvgIpc) is 3.32. The van der Waals surface area contributed by atoms with Gasteiger partial charge in [-0.2, -0.15) is 13.2 Å². The van der Waals surface area contributed by atoms with Crippen LogP contribution in [0.5, 0.6) is 0 Å². The van der Waals surface area contributed by atoms with Crippen molar-refractivity contribution < 1.29 is 53.3 Å². The first-order valence-electron chi connectivity index (χ1n) is 12.0. The molecule has 202 valence electrons. The van der Waals surface area contributed by atoms with Crippen molar-refractivity contribution in [1.29, 1.82) is 0 Å². The van der Waals surface area contributed by atoms with E-state index in [2.05, 4.69) is 0 Å². The number of fused-ring (bicyclic) bond motifs is 1. The van der Waals surface area contributed by atoms with Crippen LogP contribution in [0, 0.1) is 40.9 Å². The second-order valence-corrected chi connectivity index (χ2v) is 14.6. The van der Waals surface area contributed by atoms with Crippen LogP contribution in [0.15, 0.2) is 0 Å². The number of carbonyl (C=O) groups is 2. The largest absolute Gasteiger partial charge is 0.480 e. The van der Waals surface area contributed by atoms with Crippen LogP contribution in [0.3, 0.4) is 0 Å². The molecule has 6 aliphatic carbocycles. The Bertz CT molecular complexity index is 1210. The Kier molecular flexibility index (Phi) is 5.08. The van der Waals surface area contributed by atoms with E-state index in [1.807, 2.05) is 11.1 Å². The molecular weight excluding hydrogens is 531 g/mol. The van der Waals surface area contributed by atoms with Gasteiger partial charge >= 0.3 is 17.4 Å². The molecule has 0 aromatic rings. The second kappa shape index (κ2) is 7.35. The van der Waals surface area contributed by atoms with Crippen molar-refractivity contribution in [3.63, 3.8) is 0 Å². The zero-order chi connectivity index (χ0) is 26.1. The molecule has 7 fully saturated rings. The molecule has 1 heterocycles. The monoisotopic (exact) mass is 556 g/mol. The molecule has 5 atom stereocenters. The summed E-state index contributed by atoms with van der Waals surface area (Å²) in [6.45, 7) is 1.93. The summed E-state index contributed by atoms with van der Waals surface area (Å²) in [4.78, 5) is 26.6. The second-order valence-electron chi connectivity index (χ2n) is 11.5. The summed E-state index contributed by atoms with van der Waals surface area (Å²) < 4.78 is 102. The molecule has 0 N–H and O–H groups in total. The van der Waals surface area contributed by atoms with Crippen LogP contribution in [-0.2, 0) is 43.6 Å². The van der Waals surface area contributed by atoms with Crippen LogP contribution in [-0.4, -0.2) is 52.1 Å². The van der Waals surface area contributed by atoms with E-state index in [0.29, 0.717) is 11.8 Å². The third-order valence-corrected chi connectivity index (χ3v) is 12.3. The van der Waals surface area contributed by atoms with E-state index < -0.39 is 72.8 Å². The molecule has 0 aromatic carbocycles. The Morgan fingerprint density at radius 3 is 2.17 bits per heavy atom. The van der Waals surface area contributed by atoms with Gasteiger partial charge in [0, 0.05) is 5.92 Å². The molecule has 7 rings (SSSR count). The van der Waals surface area contributed by atoms with E-state index in [1.165, 1.54) is 6.42 Å². The molecule has 1 saturated heterocycles. The highest BCUT2D eigenvalue weighted by Gasteiger charge is 2.76. The number of hydrogen-bond donors (Lipinski definition) is 0. The number of halogens is 3. The maximum Gasteiger partial charge on any atom is 0.480 e. The van der Waals surface area contributed by atoms with Gasteiger partial charge in [0.05, 0.1) is 0 Å². The van der Waals surface area contributed by atoms with Crippen LogP contribution in [0.25, 0.3) is 4.13 Å². The number of rotatable bonds is 6. The van der Waals surface area contributed by atoms with Gasteiger partial charge in [-0.3, -0.25) is 13.8 Å². The number of carbonyl (C=O) groups excluding carboxylic acids is 2. The Morgan fingerprint density at radius 2 is 1.61 bits per heavy atom. The highest BCUT2D eigenvalue weighted by Crippen LogP contribution is 2.65. The maximum atomic E-state index is 13.6. The van der Waals surface area contributed by atoms with Gasteiger partial charge < -0.3 is 13.6 Å². The van der Waals surface area contributed by atoms with Crippen molar-refractivity contribution in [3.05, 3.63) is 4.13 Å². The van der Waals surface area contributed by atoms with E-state index in [-0.39, 0.29) is 24.7 Å². The highest BCUT2D eigenvalue weighted by molar-refractivity contribution is 8.10. The SMILES string of the molecule is CC1(OC(=O)C23CC4CC2C(OC3=O)C4OS(=O)(=O)[N-]S(=O)(=O)C(F)(F)F)C2CC3CC(C2)CC1C3. The lowest BCUT2D eigenvalue weighted by Gasteiger charge is -2.59. The van der Waals surface area contributed by atoms with Gasteiger partial charge in [0.25, 0.3) is 0 Å². The Morgan fingerprint density at radius 1 is 1.03 bits per heavy atom. The van der Waals surface area contributed by atoms with Crippen LogP contribution in [0.4, 0.5) is 13.2 Å². The van der Waals surface area contributed by atoms with E-state index >= 15 is 0 Å².